The summed E-state index contributed by atoms with van der Waals surface area (Å²) in [6.07, 6.45) is 0. The van der Waals surface area contributed by atoms with Crippen LogP contribution in [0.5, 0.6) is 0 Å². The van der Waals surface area contributed by atoms with Crippen molar-refractivity contribution in [1.29, 1.82) is 0 Å². The maximum absolute atomic E-state index is 12.4. The molecule has 0 unspecified atom stereocenters. The minimum Gasteiger partial charge on any atom is -0.358 e. The molecule has 2 heteroatoms. The van der Waals surface area contributed by atoms with Gasteiger partial charge in [-0.1, -0.05) is 11.8 Å². The fraction of sp³-hybridized carbons (Fsp3) is 0.100. The van der Waals surface area contributed by atoms with Gasteiger partial charge in [-0.25, -0.2) is 4.39 Å². The van der Waals surface area contributed by atoms with Crippen LogP contribution < -0.4 is 0 Å². The van der Waals surface area contributed by atoms with Crippen LogP contribution in [-0.4, -0.2) is 7.11 Å². The number of ether oxygens (including phenoxy) is 1. The third-order valence-electron chi connectivity index (χ3n) is 1.20. The van der Waals surface area contributed by atoms with E-state index in [1.807, 2.05) is 0 Å². The number of benzene rings is 1. The maximum Gasteiger partial charge on any atom is 0.217 e. The zero-order valence-corrected chi connectivity index (χ0v) is 6.60. The molecule has 0 N–H and O–H groups in total. The van der Waals surface area contributed by atoms with Crippen molar-refractivity contribution in [3.8, 4) is 11.8 Å². The van der Waals surface area contributed by atoms with Gasteiger partial charge in [0.2, 0.25) is 6.61 Å². The monoisotopic (exact) mass is 162 g/mol. The van der Waals surface area contributed by atoms with Crippen molar-refractivity contribution in [2.75, 3.05) is 7.11 Å². The summed E-state index contributed by atoms with van der Waals surface area (Å²) in [5.74, 6) is 4.98. The Morgan fingerprint density at radius 2 is 1.92 bits per heavy atom. The Labute approximate surface area is 71.2 Å². The standard InChI is InChI=1S/C10H7FO/c1-12-8-2-3-9-4-6-10(11)7-5-9/h4-7H,1H3. The molecule has 0 spiro atoms. The van der Waals surface area contributed by atoms with Crippen LogP contribution in [0.2, 0.25) is 0 Å². The minimum atomic E-state index is -0.264. The van der Waals surface area contributed by atoms with Gasteiger partial charge in [0, 0.05) is 12.7 Å². The van der Waals surface area contributed by atoms with Gasteiger partial charge in [0.1, 0.15) is 5.82 Å². The highest BCUT2D eigenvalue weighted by Crippen LogP contribution is 2.00. The van der Waals surface area contributed by atoms with E-state index < -0.39 is 0 Å². The van der Waals surface area contributed by atoms with Crippen LogP contribution in [0, 0.1) is 24.3 Å². The predicted molar refractivity (Wildman–Crippen MR) is 43.5 cm³/mol. The van der Waals surface area contributed by atoms with Crippen molar-refractivity contribution >= 4 is 0 Å². The summed E-state index contributed by atoms with van der Waals surface area (Å²) >= 11 is 0. The summed E-state index contributed by atoms with van der Waals surface area (Å²) in [4.78, 5) is 0. The number of halogens is 1. The van der Waals surface area contributed by atoms with Crippen molar-refractivity contribution in [3.05, 3.63) is 42.3 Å². The third-order valence-corrected chi connectivity index (χ3v) is 1.20. The Bertz CT molecular complexity index is 292. The first-order valence-electron chi connectivity index (χ1n) is 3.37. The molecular weight excluding hydrogens is 155 g/mol. The van der Waals surface area contributed by atoms with Gasteiger partial charge in [0.15, 0.2) is 0 Å². The zero-order chi connectivity index (χ0) is 8.81. The van der Waals surface area contributed by atoms with Crippen LogP contribution in [0.3, 0.4) is 0 Å². The lowest BCUT2D eigenvalue weighted by atomic mass is 10.2. The second-order valence-corrected chi connectivity index (χ2v) is 2.06. The lowest BCUT2D eigenvalue weighted by Crippen LogP contribution is -1.77. The van der Waals surface area contributed by atoms with Gasteiger partial charge < -0.3 is 4.74 Å². The average Bonchev–Trinajstić information content (AvgIpc) is 2.09. The Hall–Kier alpha value is -1.33. The molecule has 0 amide bonds. The molecular formula is C10H7FO. The molecule has 1 nitrogen and oxygen atoms in total. The Morgan fingerprint density at radius 3 is 2.50 bits per heavy atom. The normalized spacial score (nSPS) is 8.83. The van der Waals surface area contributed by atoms with Gasteiger partial charge in [-0.15, -0.1) is 0 Å². The van der Waals surface area contributed by atoms with Gasteiger partial charge in [-0.2, -0.15) is 0 Å². The number of hydrogen-bond acceptors (Lipinski definition) is 1. The smallest absolute Gasteiger partial charge is 0.217 e. The number of hydrogen-bond donors (Lipinski definition) is 0. The molecule has 60 valence electrons. The first-order valence-corrected chi connectivity index (χ1v) is 3.37. The topological polar surface area (TPSA) is 9.23 Å². The maximum atomic E-state index is 12.4. The molecule has 0 aliphatic rings. The molecule has 0 atom stereocenters. The van der Waals surface area contributed by atoms with Crippen LogP contribution >= 0.6 is 0 Å². The van der Waals surface area contributed by atoms with Crippen molar-refractivity contribution in [3.63, 3.8) is 0 Å². The summed E-state index contributed by atoms with van der Waals surface area (Å²) < 4.78 is 16.9. The fourth-order valence-corrected chi connectivity index (χ4v) is 0.682. The third kappa shape index (κ3) is 2.73. The lowest BCUT2D eigenvalue weighted by Gasteiger charge is -1.88. The molecule has 0 fully saturated rings. The highest BCUT2D eigenvalue weighted by Gasteiger charge is 1.87. The Balaban J connectivity index is 2.66. The summed E-state index contributed by atoms with van der Waals surface area (Å²) in [6.45, 7) is 2.36. The van der Waals surface area contributed by atoms with Crippen LogP contribution in [0.15, 0.2) is 24.3 Å². The van der Waals surface area contributed by atoms with E-state index in [1.165, 1.54) is 19.2 Å². The van der Waals surface area contributed by atoms with Gasteiger partial charge in [-0.05, 0) is 24.3 Å². The van der Waals surface area contributed by atoms with Gasteiger partial charge >= 0.3 is 0 Å². The van der Waals surface area contributed by atoms with Crippen molar-refractivity contribution < 1.29 is 9.13 Å². The van der Waals surface area contributed by atoms with E-state index in [2.05, 4.69) is 23.2 Å². The van der Waals surface area contributed by atoms with Gasteiger partial charge in [-0.3, -0.25) is 0 Å². The summed E-state index contributed by atoms with van der Waals surface area (Å²) in [5, 5.41) is 0. The SMILES string of the molecule is CO[C]C#Cc1ccc(F)cc1. The summed E-state index contributed by atoms with van der Waals surface area (Å²) in [6, 6.07) is 5.91. The van der Waals surface area contributed by atoms with Gasteiger partial charge in [0.25, 0.3) is 0 Å². The van der Waals surface area contributed by atoms with Crippen LogP contribution in [0.1, 0.15) is 5.56 Å². The molecule has 1 aromatic rings. The van der Waals surface area contributed by atoms with E-state index in [0.29, 0.717) is 0 Å². The fourth-order valence-electron chi connectivity index (χ4n) is 0.682. The molecule has 12 heavy (non-hydrogen) atoms. The Kier molecular flexibility index (Phi) is 3.31. The molecule has 2 radical (unpaired) electrons. The van der Waals surface area contributed by atoms with Crippen LogP contribution in [-0.2, 0) is 4.74 Å². The molecule has 0 aliphatic heterocycles. The molecule has 1 rings (SSSR count). The molecule has 0 aromatic heterocycles. The molecule has 0 heterocycles. The highest BCUT2D eigenvalue weighted by molar-refractivity contribution is 5.35. The second-order valence-electron chi connectivity index (χ2n) is 2.06. The molecule has 0 aliphatic carbocycles. The summed E-state index contributed by atoms with van der Waals surface area (Å²) in [5.41, 5.74) is 0.737. The molecule has 0 saturated heterocycles. The van der Waals surface area contributed by atoms with E-state index in [0.717, 1.165) is 5.56 Å². The van der Waals surface area contributed by atoms with E-state index in [4.69, 9.17) is 0 Å². The molecule has 0 saturated carbocycles. The average molecular weight is 162 g/mol. The summed E-state index contributed by atoms with van der Waals surface area (Å²) in [7, 11) is 1.47. The lowest BCUT2D eigenvalue weighted by molar-refractivity contribution is 0.301. The van der Waals surface area contributed by atoms with Crippen molar-refractivity contribution in [2.24, 2.45) is 0 Å². The second kappa shape index (κ2) is 4.53. The van der Waals surface area contributed by atoms with Crippen molar-refractivity contribution in [2.45, 2.75) is 0 Å². The zero-order valence-electron chi connectivity index (χ0n) is 6.60. The van der Waals surface area contributed by atoms with Crippen LogP contribution in [0.25, 0.3) is 0 Å². The predicted octanol–water partition coefficient (Wildman–Crippen LogP) is 1.86. The van der Waals surface area contributed by atoms with E-state index in [1.54, 1.807) is 12.1 Å². The first-order chi connectivity index (χ1) is 5.83. The first kappa shape index (κ1) is 8.76. The largest absolute Gasteiger partial charge is 0.358 e. The quantitative estimate of drug-likeness (QED) is 0.573. The van der Waals surface area contributed by atoms with E-state index in [-0.39, 0.29) is 5.82 Å². The van der Waals surface area contributed by atoms with Gasteiger partial charge in [0.05, 0.1) is 0 Å². The van der Waals surface area contributed by atoms with Crippen molar-refractivity contribution in [1.82, 2.24) is 0 Å². The highest BCUT2D eigenvalue weighted by atomic mass is 19.1. The molecule has 0 bridgehead atoms. The number of rotatable bonds is 1. The molecule has 1 aromatic carbocycles. The number of methoxy groups -OCH3 is 1. The minimum absolute atomic E-state index is 0.264. The van der Waals surface area contributed by atoms with Crippen LogP contribution in [0.4, 0.5) is 4.39 Å². The Morgan fingerprint density at radius 1 is 1.25 bits per heavy atom. The van der Waals surface area contributed by atoms with E-state index in [9.17, 15) is 4.39 Å². The van der Waals surface area contributed by atoms with E-state index >= 15 is 0 Å².